The van der Waals surface area contributed by atoms with Crippen LogP contribution in [0.2, 0.25) is 0 Å². The van der Waals surface area contributed by atoms with Crippen LogP contribution in [0.5, 0.6) is 0 Å². The normalized spacial score (nSPS) is 37.8. The molecule has 2 atom stereocenters. The van der Waals surface area contributed by atoms with Gasteiger partial charge < -0.3 is 5.11 Å². The van der Waals surface area contributed by atoms with E-state index in [-0.39, 0.29) is 0 Å². The van der Waals surface area contributed by atoms with Crippen molar-refractivity contribution in [3.63, 3.8) is 0 Å². The lowest BCUT2D eigenvalue weighted by molar-refractivity contribution is 0.167. The fraction of sp³-hybridized carbons (Fsp3) is 0.667. The van der Waals surface area contributed by atoms with Crippen LogP contribution >= 0.6 is 0 Å². The first-order valence-corrected chi connectivity index (χ1v) is 5.11. The zero-order valence-corrected chi connectivity index (χ0v) is 8.34. The number of allylic oxidation sites excluding steroid dienone is 3. The molecule has 0 radical (unpaired) electrons. The van der Waals surface area contributed by atoms with E-state index in [1.165, 1.54) is 17.6 Å². The SMILES string of the molecule is C=C1CC2C=C(C)C[C@@]2(CCO)C1. The predicted octanol–water partition coefficient (Wildman–Crippen LogP) is 2.67. The number of rotatable bonds is 2. The Hall–Kier alpha value is -0.560. The standard InChI is InChI=1S/C12H18O/c1-9-5-11-6-10(2)8-12(11,7-9)3-4-13/h6,11,13H,1,3-5,7-8H2,2H3/t11?,12-/m1/s1. The highest BCUT2D eigenvalue weighted by Gasteiger charge is 2.45. The molecule has 0 aromatic carbocycles. The molecule has 0 bridgehead atoms. The molecule has 0 saturated heterocycles. The van der Waals surface area contributed by atoms with E-state index >= 15 is 0 Å². The molecule has 1 saturated carbocycles. The lowest BCUT2D eigenvalue weighted by atomic mass is 9.76. The molecule has 1 N–H and O–H groups in total. The summed E-state index contributed by atoms with van der Waals surface area (Å²) in [5.74, 6) is 0.673. The van der Waals surface area contributed by atoms with Gasteiger partial charge in [0.2, 0.25) is 0 Å². The Kier molecular flexibility index (Phi) is 2.07. The van der Waals surface area contributed by atoms with Crippen molar-refractivity contribution in [1.82, 2.24) is 0 Å². The lowest BCUT2D eigenvalue weighted by Gasteiger charge is -2.28. The summed E-state index contributed by atoms with van der Waals surface area (Å²) in [7, 11) is 0. The van der Waals surface area contributed by atoms with E-state index in [0.29, 0.717) is 17.9 Å². The molecule has 0 aliphatic heterocycles. The van der Waals surface area contributed by atoms with Gasteiger partial charge in [0, 0.05) is 6.61 Å². The zero-order chi connectivity index (χ0) is 9.47. The summed E-state index contributed by atoms with van der Waals surface area (Å²) in [4.78, 5) is 0. The average molecular weight is 178 g/mol. The van der Waals surface area contributed by atoms with E-state index in [0.717, 1.165) is 19.3 Å². The second-order valence-electron chi connectivity index (χ2n) is 4.76. The van der Waals surface area contributed by atoms with Crippen LogP contribution in [0.4, 0.5) is 0 Å². The van der Waals surface area contributed by atoms with Crippen molar-refractivity contribution >= 4 is 0 Å². The van der Waals surface area contributed by atoms with E-state index in [1.54, 1.807) is 0 Å². The van der Waals surface area contributed by atoms with Crippen LogP contribution in [0.1, 0.15) is 32.6 Å². The quantitative estimate of drug-likeness (QED) is 0.644. The molecule has 1 heteroatoms. The van der Waals surface area contributed by atoms with Crippen LogP contribution in [0.3, 0.4) is 0 Å². The number of hydrogen-bond donors (Lipinski definition) is 1. The first-order valence-electron chi connectivity index (χ1n) is 5.11. The molecule has 1 nitrogen and oxygen atoms in total. The van der Waals surface area contributed by atoms with Crippen molar-refractivity contribution in [2.75, 3.05) is 6.61 Å². The molecule has 0 amide bonds. The fourth-order valence-corrected chi connectivity index (χ4v) is 3.20. The highest BCUT2D eigenvalue weighted by atomic mass is 16.3. The van der Waals surface area contributed by atoms with Gasteiger partial charge in [-0.3, -0.25) is 0 Å². The molecule has 72 valence electrons. The number of aliphatic hydroxyl groups excluding tert-OH is 1. The molecule has 2 aliphatic carbocycles. The molecule has 0 spiro atoms. The molecule has 0 aromatic rings. The van der Waals surface area contributed by atoms with Gasteiger partial charge in [-0.05, 0) is 43.9 Å². The van der Waals surface area contributed by atoms with Crippen molar-refractivity contribution < 1.29 is 5.11 Å². The van der Waals surface area contributed by atoms with Crippen molar-refractivity contribution in [2.24, 2.45) is 11.3 Å². The van der Waals surface area contributed by atoms with Crippen molar-refractivity contribution in [2.45, 2.75) is 32.6 Å². The van der Waals surface area contributed by atoms with Gasteiger partial charge in [-0.1, -0.05) is 23.8 Å². The topological polar surface area (TPSA) is 20.2 Å². The van der Waals surface area contributed by atoms with Crippen LogP contribution in [0, 0.1) is 11.3 Å². The third kappa shape index (κ3) is 1.35. The second kappa shape index (κ2) is 2.98. The van der Waals surface area contributed by atoms with Crippen LogP contribution in [0.25, 0.3) is 0 Å². The maximum absolute atomic E-state index is 9.09. The van der Waals surface area contributed by atoms with Crippen LogP contribution in [-0.4, -0.2) is 11.7 Å². The van der Waals surface area contributed by atoms with E-state index in [4.69, 9.17) is 5.11 Å². The molecular weight excluding hydrogens is 160 g/mol. The highest BCUT2D eigenvalue weighted by molar-refractivity contribution is 5.26. The maximum Gasteiger partial charge on any atom is 0.0436 e. The summed E-state index contributed by atoms with van der Waals surface area (Å²) in [5, 5.41) is 9.09. The summed E-state index contributed by atoms with van der Waals surface area (Å²) < 4.78 is 0. The summed E-state index contributed by atoms with van der Waals surface area (Å²) in [6.45, 7) is 6.61. The van der Waals surface area contributed by atoms with Gasteiger partial charge in [0.1, 0.15) is 0 Å². The van der Waals surface area contributed by atoms with Gasteiger partial charge in [-0.2, -0.15) is 0 Å². The van der Waals surface area contributed by atoms with Gasteiger partial charge in [0.15, 0.2) is 0 Å². The summed E-state index contributed by atoms with van der Waals surface area (Å²) in [5.41, 5.74) is 3.24. The van der Waals surface area contributed by atoms with Gasteiger partial charge in [-0.15, -0.1) is 0 Å². The largest absolute Gasteiger partial charge is 0.396 e. The van der Waals surface area contributed by atoms with Gasteiger partial charge in [0.25, 0.3) is 0 Å². The Bertz CT molecular complexity index is 264. The lowest BCUT2D eigenvalue weighted by Crippen LogP contribution is -2.22. The molecule has 2 rings (SSSR count). The molecule has 1 fully saturated rings. The number of hydrogen-bond acceptors (Lipinski definition) is 1. The minimum atomic E-state index is 0.324. The summed E-state index contributed by atoms with van der Waals surface area (Å²) >= 11 is 0. The highest BCUT2D eigenvalue weighted by Crippen LogP contribution is 2.56. The first-order chi connectivity index (χ1) is 6.16. The minimum absolute atomic E-state index is 0.324. The van der Waals surface area contributed by atoms with Crippen LogP contribution in [0.15, 0.2) is 23.8 Å². The Morgan fingerprint density at radius 1 is 1.62 bits per heavy atom. The van der Waals surface area contributed by atoms with Gasteiger partial charge in [0.05, 0.1) is 0 Å². The molecule has 0 aromatic heterocycles. The van der Waals surface area contributed by atoms with Crippen LogP contribution < -0.4 is 0 Å². The number of aliphatic hydroxyl groups is 1. The molecule has 13 heavy (non-hydrogen) atoms. The third-order valence-electron chi connectivity index (χ3n) is 3.62. The first kappa shape index (κ1) is 9.01. The van der Waals surface area contributed by atoms with E-state index < -0.39 is 0 Å². The average Bonchev–Trinajstić information content (AvgIpc) is 2.40. The Morgan fingerprint density at radius 3 is 3.08 bits per heavy atom. The van der Waals surface area contributed by atoms with E-state index in [9.17, 15) is 0 Å². The Morgan fingerprint density at radius 2 is 2.38 bits per heavy atom. The zero-order valence-electron chi connectivity index (χ0n) is 8.34. The Balaban J connectivity index is 2.21. The van der Waals surface area contributed by atoms with Crippen LogP contribution in [-0.2, 0) is 0 Å². The second-order valence-corrected chi connectivity index (χ2v) is 4.76. The predicted molar refractivity (Wildman–Crippen MR) is 54.4 cm³/mol. The molecular formula is C12H18O. The third-order valence-corrected chi connectivity index (χ3v) is 3.62. The maximum atomic E-state index is 9.09. The summed E-state index contributed by atoms with van der Waals surface area (Å²) in [6, 6.07) is 0. The van der Waals surface area contributed by atoms with Crippen molar-refractivity contribution in [3.8, 4) is 0 Å². The molecule has 0 heterocycles. The minimum Gasteiger partial charge on any atom is -0.396 e. The smallest absolute Gasteiger partial charge is 0.0436 e. The fourth-order valence-electron chi connectivity index (χ4n) is 3.20. The molecule has 2 aliphatic rings. The Labute approximate surface area is 80.2 Å². The van der Waals surface area contributed by atoms with Gasteiger partial charge in [-0.25, -0.2) is 0 Å². The monoisotopic (exact) mass is 178 g/mol. The molecule has 1 unspecified atom stereocenters. The number of fused-ring (bicyclic) bond motifs is 1. The van der Waals surface area contributed by atoms with E-state index in [1.807, 2.05) is 0 Å². The van der Waals surface area contributed by atoms with Crippen molar-refractivity contribution in [3.05, 3.63) is 23.8 Å². The van der Waals surface area contributed by atoms with Gasteiger partial charge >= 0.3 is 0 Å². The van der Waals surface area contributed by atoms with E-state index in [2.05, 4.69) is 19.6 Å². The van der Waals surface area contributed by atoms with Crippen molar-refractivity contribution in [1.29, 1.82) is 0 Å². The summed E-state index contributed by atoms with van der Waals surface area (Å²) in [6.07, 6.45) is 6.80.